The van der Waals surface area contributed by atoms with Crippen LogP contribution in [0.4, 0.5) is 10.2 Å². The molecule has 4 rings (SSSR count). The number of aromatic nitrogens is 4. The molecule has 15 heteroatoms. The predicted molar refractivity (Wildman–Crippen MR) is 136 cm³/mol. The van der Waals surface area contributed by atoms with Gasteiger partial charge in [0.25, 0.3) is 0 Å². The average Bonchev–Trinajstić information content (AvgIpc) is 3.44. The number of ether oxygens (including phenoxy) is 2. The van der Waals surface area contributed by atoms with E-state index in [4.69, 9.17) is 30.7 Å². The predicted octanol–water partition coefficient (Wildman–Crippen LogP) is 2.33. The van der Waals surface area contributed by atoms with Gasteiger partial charge in [0.2, 0.25) is 0 Å². The second-order valence-electron chi connectivity index (χ2n) is 9.19. The van der Waals surface area contributed by atoms with Gasteiger partial charge < -0.3 is 24.8 Å². The highest BCUT2D eigenvalue weighted by Gasteiger charge is 2.51. The number of halogens is 1. The molecule has 4 N–H and O–H groups in total. The zero-order valence-corrected chi connectivity index (χ0v) is 22.3. The van der Waals surface area contributed by atoms with Crippen LogP contribution in [0.1, 0.15) is 33.4 Å². The molecular weight excluding hydrogens is 534 g/mol. The summed E-state index contributed by atoms with van der Waals surface area (Å²) in [5, 5.41) is 13.5. The SMILES string of the molecule is C#C[C@]1(COP(=O)(NC(C)(C)C(=O)OCC)Oc2ccccc2)O[C@@H](n2cnc3c(N)nc(F)nc32)C[C@@H]1O. The van der Waals surface area contributed by atoms with Crippen LogP contribution >= 0.6 is 7.75 Å². The summed E-state index contributed by atoms with van der Waals surface area (Å²) in [5.41, 5.74) is 2.58. The number of anilines is 1. The van der Waals surface area contributed by atoms with Gasteiger partial charge in [-0.2, -0.15) is 19.4 Å². The molecule has 1 unspecified atom stereocenters. The maximum absolute atomic E-state index is 13.9. The number of hydrogen-bond acceptors (Lipinski definition) is 11. The summed E-state index contributed by atoms with van der Waals surface area (Å²) >= 11 is 0. The molecule has 2 aromatic heterocycles. The molecular formula is C24H28FN6O7P. The molecule has 39 heavy (non-hydrogen) atoms. The molecule has 1 aliphatic rings. The van der Waals surface area contributed by atoms with Crippen LogP contribution in [0.5, 0.6) is 5.75 Å². The number of aliphatic hydroxyl groups is 1. The van der Waals surface area contributed by atoms with Gasteiger partial charge in [0.15, 0.2) is 22.6 Å². The van der Waals surface area contributed by atoms with Crippen molar-refractivity contribution in [1.82, 2.24) is 24.6 Å². The number of rotatable bonds is 10. The summed E-state index contributed by atoms with van der Waals surface area (Å²) in [6.07, 6.45) is 3.64. The van der Waals surface area contributed by atoms with Gasteiger partial charge in [-0.05, 0) is 32.9 Å². The van der Waals surface area contributed by atoms with E-state index in [1.165, 1.54) is 24.7 Å². The maximum atomic E-state index is 13.9. The molecule has 0 aliphatic carbocycles. The highest BCUT2D eigenvalue weighted by atomic mass is 31.2. The lowest BCUT2D eigenvalue weighted by Crippen LogP contribution is -2.48. The molecule has 3 heterocycles. The van der Waals surface area contributed by atoms with Crippen molar-refractivity contribution in [3.05, 3.63) is 42.7 Å². The normalized spacial score (nSPS) is 22.8. The van der Waals surface area contributed by atoms with Crippen molar-refractivity contribution in [2.75, 3.05) is 18.9 Å². The van der Waals surface area contributed by atoms with E-state index in [9.17, 15) is 18.9 Å². The molecule has 208 valence electrons. The van der Waals surface area contributed by atoms with Crippen molar-refractivity contribution >= 4 is 30.7 Å². The topological polar surface area (TPSA) is 173 Å². The van der Waals surface area contributed by atoms with E-state index in [1.807, 2.05) is 0 Å². The van der Waals surface area contributed by atoms with Crippen LogP contribution in [-0.2, 0) is 23.4 Å². The molecule has 4 atom stereocenters. The van der Waals surface area contributed by atoms with Gasteiger partial charge in [0.1, 0.15) is 30.2 Å². The van der Waals surface area contributed by atoms with E-state index in [0.717, 1.165) is 0 Å². The molecule has 0 amide bonds. The molecule has 1 fully saturated rings. The zero-order valence-electron chi connectivity index (χ0n) is 21.4. The maximum Gasteiger partial charge on any atom is 0.459 e. The van der Waals surface area contributed by atoms with Gasteiger partial charge >= 0.3 is 19.8 Å². The number of terminal acetylenes is 1. The van der Waals surface area contributed by atoms with E-state index in [1.54, 1.807) is 37.3 Å². The van der Waals surface area contributed by atoms with E-state index in [2.05, 4.69) is 26.0 Å². The lowest BCUT2D eigenvalue weighted by Gasteiger charge is -2.32. The van der Waals surface area contributed by atoms with E-state index in [0.29, 0.717) is 0 Å². The molecule has 0 saturated carbocycles. The third-order valence-corrected chi connectivity index (χ3v) is 7.66. The third kappa shape index (κ3) is 5.88. The Hall–Kier alpha value is -3.60. The number of para-hydroxylation sites is 1. The van der Waals surface area contributed by atoms with Crippen molar-refractivity contribution in [2.45, 2.75) is 50.7 Å². The number of benzene rings is 1. The number of nitrogen functional groups attached to an aromatic ring is 1. The first-order valence-corrected chi connectivity index (χ1v) is 13.4. The zero-order chi connectivity index (χ0) is 28.4. The largest absolute Gasteiger partial charge is 0.465 e. The minimum atomic E-state index is -4.35. The number of aliphatic hydroxyl groups excluding tert-OH is 1. The Kier molecular flexibility index (Phi) is 7.92. The fourth-order valence-corrected chi connectivity index (χ4v) is 5.63. The number of nitrogens with two attached hydrogens (primary N) is 1. The van der Waals surface area contributed by atoms with E-state index in [-0.39, 0.29) is 35.8 Å². The van der Waals surface area contributed by atoms with Crippen LogP contribution in [0.2, 0.25) is 0 Å². The highest BCUT2D eigenvalue weighted by molar-refractivity contribution is 7.52. The van der Waals surface area contributed by atoms with Gasteiger partial charge in [0.05, 0.1) is 12.9 Å². The van der Waals surface area contributed by atoms with Crippen molar-refractivity contribution in [1.29, 1.82) is 0 Å². The molecule has 1 saturated heterocycles. The van der Waals surface area contributed by atoms with Crippen LogP contribution in [0, 0.1) is 18.4 Å². The molecule has 3 aromatic rings. The van der Waals surface area contributed by atoms with Gasteiger partial charge in [-0.3, -0.25) is 13.9 Å². The summed E-state index contributed by atoms with van der Waals surface area (Å²) in [6.45, 7) is 4.00. The van der Waals surface area contributed by atoms with Crippen molar-refractivity contribution in [3.8, 4) is 18.1 Å². The van der Waals surface area contributed by atoms with Crippen molar-refractivity contribution in [3.63, 3.8) is 0 Å². The third-order valence-electron chi connectivity index (χ3n) is 5.91. The smallest absolute Gasteiger partial charge is 0.459 e. The number of imidazole rings is 1. The summed E-state index contributed by atoms with van der Waals surface area (Å²) in [6, 6.07) is 8.12. The van der Waals surface area contributed by atoms with Crippen LogP contribution < -0.4 is 15.3 Å². The Bertz CT molecular complexity index is 1450. The van der Waals surface area contributed by atoms with Crippen LogP contribution in [0.25, 0.3) is 11.2 Å². The Morgan fingerprint density at radius 1 is 1.41 bits per heavy atom. The number of carbonyl (C=O) groups is 1. The molecule has 1 aromatic carbocycles. The lowest BCUT2D eigenvalue weighted by atomic mass is 9.99. The molecule has 1 aliphatic heterocycles. The Morgan fingerprint density at radius 3 is 2.79 bits per heavy atom. The number of nitrogens with zero attached hydrogens (tertiary/aromatic N) is 4. The molecule has 13 nitrogen and oxygen atoms in total. The van der Waals surface area contributed by atoms with Gasteiger partial charge in [-0.15, -0.1) is 6.42 Å². The number of carbonyl (C=O) groups excluding carboxylic acids is 1. The summed E-state index contributed by atoms with van der Waals surface area (Å²) in [7, 11) is -4.35. The molecule has 0 radical (unpaired) electrons. The van der Waals surface area contributed by atoms with Crippen molar-refractivity contribution < 1.29 is 37.4 Å². The summed E-state index contributed by atoms with van der Waals surface area (Å²) in [4.78, 5) is 23.7. The van der Waals surface area contributed by atoms with E-state index >= 15 is 0 Å². The quantitative estimate of drug-likeness (QED) is 0.143. The number of hydrogen-bond donors (Lipinski definition) is 3. The fourth-order valence-electron chi connectivity index (χ4n) is 3.93. The standard InChI is InChI=1S/C24H28FN6O7P/c1-5-24(16(32)12-17(37-24)31-14-27-18-19(26)28-22(25)29-20(18)31)13-36-39(34,38-15-10-8-7-9-11-15)30-23(3,4)21(33)35-6-2/h1,7-11,14,16-17,32H,6,12-13H2,2-4H3,(H,30,34)(H2,26,28,29)/t16-,17+,24+,39?/m0/s1. The average molecular weight is 562 g/mol. The fraction of sp³-hybridized carbons (Fsp3) is 0.417. The Morgan fingerprint density at radius 2 is 2.13 bits per heavy atom. The Balaban J connectivity index is 1.60. The number of nitrogens with one attached hydrogen (secondary N) is 1. The van der Waals surface area contributed by atoms with Gasteiger partial charge in [-0.1, -0.05) is 24.1 Å². The van der Waals surface area contributed by atoms with Gasteiger partial charge in [0, 0.05) is 6.42 Å². The second-order valence-corrected chi connectivity index (χ2v) is 10.9. The number of esters is 1. The van der Waals surface area contributed by atoms with Gasteiger partial charge in [-0.25, -0.2) is 9.55 Å². The minimum Gasteiger partial charge on any atom is -0.465 e. The van der Waals surface area contributed by atoms with Crippen LogP contribution in [0.15, 0.2) is 36.7 Å². The summed E-state index contributed by atoms with van der Waals surface area (Å²) < 4.78 is 51.5. The van der Waals surface area contributed by atoms with E-state index < -0.39 is 49.9 Å². The first kappa shape index (κ1) is 28.4. The molecule has 0 bridgehead atoms. The minimum absolute atomic E-state index is 0.0295. The number of fused-ring (bicyclic) bond motifs is 1. The highest BCUT2D eigenvalue weighted by Crippen LogP contribution is 2.49. The second kappa shape index (κ2) is 10.9. The van der Waals surface area contributed by atoms with Crippen LogP contribution in [-0.4, -0.2) is 61.1 Å². The lowest BCUT2D eigenvalue weighted by molar-refractivity contribution is -0.149. The first-order valence-electron chi connectivity index (χ1n) is 11.9. The monoisotopic (exact) mass is 562 g/mol. The first-order chi connectivity index (χ1) is 18.4. The summed E-state index contributed by atoms with van der Waals surface area (Å²) in [5.74, 6) is 1.68. The van der Waals surface area contributed by atoms with Crippen LogP contribution in [0.3, 0.4) is 0 Å². The molecule has 0 spiro atoms. The van der Waals surface area contributed by atoms with Crippen molar-refractivity contribution in [2.24, 2.45) is 0 Å². The Labute approximate surface area is 223 Å².